The van der Waals surface area contributed by atoms with E-state index in [1.807, 2.05) is 30.3 Å². The van der Waals surface area contributed by atoms with E-state index in [9.17, 15) is 4.79 Å². The second-order valence-electron chi connectivity index (χ2n) is 5.00. The summed E-state index contributed by atoms with van der Waals surface area (Å²) in [5, 5.41) is 11.2. The van der Waals surface area contributed by atoms with Crippen molar-refractivity contribution in [1.82, 2.24) is 10.2 Å². The Morgan fingerprint density at radius 1 is 1.12 bits per heavy atom. The molecule has 128 valence electrons. The van der Waals surface area contributed by atoms with E-state index in [-0.39, 0.29) is 17.8 Å². The Labute approximate surface area is 158 Å². The van der Waals surface area contributed by atoms with Gasteiger partial charge in [-0.3, -0.25) is 10.1 Å². The molecule has 3 rings (SSSR count). The predicted octanol–water partition coefficient (Wildman–Crippen LogP) is 5.16. The number of anilines is 1. The molecule has 1 N–H and O–H groups in total. The van der Waals surface area contributed by atoms with Gasteiger partial charge in [0.25, 0.3) is 5.89 Å². The predicted molar refractivity (Wildman–Crippen MR) is 100 cm³/mol. The lowest BCUT2D eigenvalue weighted by Gasteiger charge is -2.02. The zero-order valence-corrected chi connectivity index (χ0v) is 15.2. The Bertz CT molecular complexity index is 871. The average Bonchev–Trinajstić information content (AvgIpc) is 3.04. The zero-order valence-electron chi connectivity index (χ0n) is 12.9. The molecule has 0 aliphatic carbocycles. The number of aromatic nitrogens is 2. The fraction of sp³-hybridized carbons (Fsp3) is 0.118. The topological polar surface area (TPSA) is 68.0 Å². The number of rotatable bonds is 6. The van der Waals surface area contributed by atoms with Gasteiger partial charge in [-0.2, -0.15) is 0 Å². The molecule has 0 saturated carbocycles. The maximum Gasteiger partial charge on any atom is 0.322 e. The molecule has 0 saturated heterocycles. The van der Waals surface area contributed by atoms with Crippen molar-refractivity contribution in [3.63, 3.8) is 0 Å². The maximum absolute atomic E-state index is 12.0. The van der Waals surface area contributed by atoms with Gasteiger partial charge in [-0.15, -0.1) is 16.9 Å². The highest BCUT2D eigenvalue weighted by Gasteiger charge is 2.14. The van der Waals surface area contributed by atoms with Crippen LogP contribution in [0.3, 0.4) is 0 Å². The summed E-state index contributed by atoms with van der Waals surface area (Å²) in [7, 11) is 0. The SMILES string of the molecule is O=C(CCSc1ccccc1)Nc1nnc(-c2ccc(Cl)cc2Cl)o1. The molecule has 0 aliphatic rings. The van der Waals surface area contributed by atoms with Gasteiger partial charge in [-0.25, -0.2) is 0 Å². The van der Waals surface area contributed by atoms with Crippen LogP contribution in [-0.4, -0.2) is 21.9 Å². The largest absolute Gasteiger partial charge is 0.403 e. The first kappa shape index (κ1) is 17.8. The Hall–Kier alpha value is -2.02. The lowest BCUT2D eigenvalue weighted by atomic mass is 10.2. The van der Waals surface area contributed by atoms with Gasteiger partial charge in [0, 0.05) is 22.1 Å². The molecular weight excluding hydrogens is 381 g/mol. The molecule has 0 aliphatic heterocycles. The van der Waals surface area contributed by atoms with Crippen LogP contribution in [0.4, 0.5) is 6.01 Å². The lowest BCUT2D eigenvalue weighted by Crippen LogP contribution is -2.12. The van der Waals surface area contributed by atoms with E-state index in [2.05, 4.69) is 15.5 Å². The van der Waals surface area contributed by atoms with Crippen molar-refractivity contribution in [3.8, 4) is 11.5 Å². The normalized spacial score (nSPS) is 10.6. The maximum atomic E-state index is 12.0. The second kappa shape index (κ2) is 8.38. The van der Waals surface area contributed by atoms with Gasteiger partial charge in [0.15, 0.2) is 0 Å². The van der Waals surface area contributed by atoms with Crippen LogP contribution < -0.4 is 5.32 Å². The minimum Gasteiger partial charge on any atom is -0.403 e. The Kier molecular flexibility index (Phi) is 5.96. The van der Waals surface area contributed by atoms with Gasteiger partial charge in [0.05, 0.1) is 10.6 Å². The fourth-order valence-corrected chi connectivity index (χ4v) is 3.37. The number of nitrogens with zero attached hydrogens (tertiary/aromatic N) is 2. The van der Waals surface area contributed by atoms with Crippen LogP contribution in [-0.2, 0) is 4.79 Å². The summed E-state index contributed by atoms with van der Waals surface area (Å²) in [6, 6.07) is 14.9. The van der Waals surface area contributed by atoms with Gasteiger partial charge in [0.1, 0.15) is 0 Å². The summed E-state index contributed by atoms with van der Waals surface area (Å²) in [6.07, 6.45) is 0.332. The second-order valence-corrected chi connectivity index (χ2v) is 7.01. The Balaban J connectivity index is 1.55. The van der Waals surface area contributed by atoms with Crippen LogP contribution in [0.5, 0.6) is 0 Å². The molecule has 2 aromatic carbocycles. The molecule has 0 unspecified atom stereocenters. The van der Waals surface area contributed by atoms with Crippen molar-refractivity contribution >= 4 is 46.9 Å². The number of benzene rings is 2. The molecule has 0 bridgehead atoms. The highest BCUT2D eigenvalue weighted by Crippen LogP contribution is 2.30. The van der Waals surface area contributed by atoms with Crippen LogP contribution in [0.25, 0.3) is 11.5 Å². The smallest absolute Gasteiger partial charge is 0.322 e. The molecule has 25 heavy (non-hydrogen) atoms. The molecule has 0 atom stereocenters. The first-order chi connectivity index (χ1) is 12.1. The fourth-order valence-electron chi connectivity index (χ4n) is 2.01. The number of amides is 1. The third-order valence-corrected chi connectivity index (χ3v) is 4.74. The average molecular weight is 394 g/mol. The molecular formula is C17H13Cl2N3O2S. The Morgan fingerprint density at radius 3 is 2.68 bits per heavy atom. The van der Waals surface area contributed by atoms with E-state index in [0.717, 1.165) is 4.90 Å². The van der Waals surface area contributed by atoms with Crippen LogP contribution in [0.15, 0.2) is 57.8 Å². The molecule has 0 fully saturated rings. The monoisotopic (exact) mass is 393 g/mol. The van der Waals surface area contributed by atoms with Crippen LogP contribution in [0.2, 0.25) is 10.0 Å². The molecule has 8 heteroatoms. The standard InChI is InChI=1S/C17H13Cl2N3O2S/c18-11-6-7-13(14(19)10-11)16-21-22-17(24-16)20-15(23)8-9-25-12-4-2-1-3-5-12/h1-7,10H,8-9H2,(H,20,22,23). The summed E-state index contributed by atoms with van der Waals surface area (Å²) in [5.41, 5.74) is 0.554. The molecule has 3 aromatic rings. The molecule has 5 nitrogen and oxygen atoms in total. The number of carbonyl (C=O) groups excluding carboxylic acids is 1. The van der Waals surface area contributed by atoms with E-state index >= 15 is 0 Å². The number of halogens is 2. The van der Waals surface area contributed by atoms with Gasteiger partial charge < -0.3 is 4.42 Å². The van der Waals surface area contributed by atoms with Crippen molar-refractivity contribution in [2.45, 2.75) is 11.3 Å². The zero-order chi connectivity index (χ0) is 17.6. The quantitative estimate of drug-likeness (QED) is 0.585. The summed E-state index contributed by atoms with van der Waals surface area (Å²) >= 11 is 13.6. The minimum absolute atomic E-state index is 0.0377. The summed E-state index contributed by atoms with van der Waals surface area (Å²) < 4.78 is 5.44. The van der Waals surface area contributed by atoms with Crippen molar-refractivity contribution < 1.29 is 9.21 Å². The molecule has 0 radical (unpaired) electrons. The van der Waals surface area contributed by atoms with Gasteiger partial charge in [0.2, 0.25) is 5.91 Å². The van der Waals surface area contributed by atoms with E-state index in [1.54, 1.807) is 30.0 Å². The van der Waals surface area contributed by atoms with E-state index in [1.165, 1.54) is 0 Å². The first-order valence-electron chi connectivity index (χ1n) is 7.38. The number of hydrogen-bond acceptors (Lipinski definition) is 5. The number of nitrogens with one attached hydrogen (secondary N) is 1. The molecule has 1 aromatic heterocycles. The van der Waals surface area contributed by atoms with E-state index in [4.69, 9.17) is 27.6 Å². The van der Waals surface area contributed by atoms with Gasteiger partial charge in [-0.1, -0.05) is 46.5 Å². The number of thioether (sulfide) groups is 1. The summed E-state index contributed by atoms with van der Waals surface area (Å²) in [6.45, 7) is 0. The molecule has 0 spiro atoms. The third-order valence-electron chi connectivity index (χ3n) is 3.17. The Morgan fingerprint density at radius 2 is 1.92 bits per heavy atom. The first-order valence-corrected chi connectivity index (χ1v) is 9.12. The highest BCUT2D eigenvalue weighted by atomic mass is 35.5. The lowest BCUT2D eigenvalue weighted by molar-refractivity contribution is -0.115. The van der Waals surface area contributed by atoms with Crippen molar-refractivity contribution in [2.24, 2.45) is 0 Å². The van der Waals surface area contributed by atoms with Crippen molar-refractivity contribution in [2.75, 3.05) is 11.1 Å². The van der Waals surface area contributed by atoms with Crippen molar-refractivity contribution in [1.29, 1.82) is 0 Å². The van der Waals surface area contributed by atoms with E-state index in [0.29, 0.717) is 27.8 Å². The third kappa shape index (κ3) is 4.98. The number of carbonyl (C=O) groups is 1. The van der Waals surface area contributed by atoms with Crippen molar-refractivity contribution in [3.05, 3.63) is 58.6 Å². The van der Waals surface area contributed by atoms with Gasteiger partial charge in [-0.05, 0) is 30.3 Å². The van der Waals surface area contributed by atoms with E-state index < -0.39 is 0 Å². The van der Waals surface area contributed by atoms with Crippen LogP contribution in [0.1, 0.15) is 6.42 Å². The summed E-state index contributed by atoms with van der Waals surface area (Å²) in [4.78, 5) is 13.1. The number of hydrogen-bond donors (Lipinski definition) is 1. The highest BCUT2D eigenvalue weighted by molar-refractivity contribution is 7.99. The molecule has 1 amide bonds. The molecule has 1 heterocycles. The van der Waals surface area contributed by atoms with Gasteiger partial charge >= 0.3 is 6.01 Å². The van der Waals surface area contributed by atoms with Crippen LogP contribution in [0, 0.1) is 0 Å². The summed E-state index contributed by atoms with van der Waals surface area (Å²) in [5.74, 6) is 0.677. The van der Waals surface area contributed by atoms with Crippen LogP contribution >= 0.6 is 35.0 Å². The minimum atomic E-state index is -0.194.